The molecule has 0 amide bonds. The van der Waals surface area contributed by atoms with Crippen LogP contribution in [0.3, 0.4) is 0 Å². The minimum Gasteiger partial charge on any atom is -0.383 e. The van der Waals surface area contributed by atoms with E-state index in [4.69, 9.17) is 21.7 Å². The number of benzene rings is 4. The maximum absolute atomic E-state index is 15.4. The fourth-order valence-electron chi connectivity index (χ4n) is 6.68. The van der Waals surface area contributed by atoms with Gasteiger partial charge in [0.25, 0.3) is 0 Å². The van der Waals surface area contributed by atoms with Crippen LogP contribution in [0, 0.1) is 13.8 Å². The molecule has 6 N–H and O–H groups in total. The Kier molecular flexibility index (Phi) is 8.20. The molecule has 0 bridgehead atoms. The van der Waals surface area contributed by atoms with E-state index in [1.807, 2.05) is 111 Å². The van der Waals surface area contributed by atoms with Crippen LogP contribution >= 0.6 is 0 Å². The first-order chi connectivity index (χ1) is 25.4. The topological polar surface area (TPSA) is 188 Å². The quantitative estimate of drug-likeness (QED) is 0.135. The van der Waals surface area contributed by atoms with Crippen molar-refractivity contribution < 1.29 is 4.79 Å². The molecule has 0 fully saturated rings. The fourth-order valence-corrected chi connectivity index (χ4v) is 6.68. The van der Waals surface area contributed by atoms with Crippen LogP contribution < -0.4 is 11.5 Å². The van der Waals surface area contributed by atoms with Crippen LogP contribution in [0.15, 0.2) is 122 Å². The number of ketones is 1. The largest absolute Gasteiger partial charge is 0.383 e. The monoisotopic (exact) mass is 686 g/mol. The average Bonchev–Trinajstić information content (AvgIpc) is 4.01. The molecule has 13 heteroatoms. The molecule has 0 aliphatic carbocycles. The number of aromatic amines is 2. The van der Waals surface area contributed by atoms with Crippen molar-refractivity contribution in [2.24, 2.45) is 0 Å². The van der Waals surface area contributed by atoms with Gasteiger partial charge in [0.05, 0.1) is 35.6 Å². The second kappa shape index (κ2) is 13.3. The number of anilines is 2. The van der Waals surface area contributed by atoms with Crippen LogP contribution in [-0.4, -0.2) is 55.7 Å². The SMILES string of the molecule is Cc1ccc(-c2ncn[nH]2)cc1-n1ncc(C(C(=O)C(c2ccccc2)c2cnn(-c3cc(-c4ncn[nH]4)ccc3C)c2N)c2ccccc2)c1N. The summed E-state index contributed by atoms with van der Waals surface area (Å²) in [6, 6.07) is 31.0. The van der Waals surface area contributed by atoms with Crippen molar-refractivity contribution in [3.63, 3.8) is 0 Å². The summed E-state index contributed by atoms with van der Waals surface area (Å²) >= 11 is 0. The lowest BCUT2D eigenvalue weighted by molar-refractivity contribution is -0.120. The van der Waals surface area contributed by atoms with Crippen LogP contribution in [0.25, 0.3) is 34.2 Å². The summed E-state index contributed by atoms with van der Waals surface area (Å²) in [5.74, 6) is 0.204. The summed E-state index contributed by atoms with van der Waals surface area (Å²) in [4.78, 5) is 24.0. The summed E-state index contributed by atoms with van der Waals surface area (Å²) in [5.41, 5.74) is 21.7. The number of carbonyl (C=O) groups excluding carboxylic acids is 1. The summed E-state index contributed by atoms with van der Waals surface area (Å²) in [5, 5.41) is 23.3. The Morgan fingerprint density at radius 2 is 1.04 bits per heavy atom. The van der Waals surface area contributed by atoms with Gasteiger partial charge in [-0.1, -0.05) is 84.9 Å². The maximum atomic E-state index is 15.4. The van der Waals surface area contributed by atoms with E-state index in [9.17, 15) is 0 Å². The molecule has 4 heterocycles. The smallest absolute Gasteiger partial charge is 0.156 e. The van der Waals surface area contributed by atoms with Gasteiger partial charge in [0.1, 0.15) is 24.3 Å². The molecule has 8 aromatic rings. The van der Waals surface area contributed by atoms with Crippen LogP contribution in [0.5, 0.6) is 0 Å². The van der Waals surface area contributed by atoms with Crippen molar-refractivity contribution in [3.8, 4) is 34.2 Å². The summed E-state index contributed by atoms with van der Waals surface area (Å²) < 4.78 is 3.34. The van der Waals surface area contributed by atoms with Gasteiger partial charge < -0.3 is 11.5 Å². The van der Waals surface area contributed by atoms with E-state index in [2.05, 4.69) is 30.4 Å². The number of Topliss-reactive ketones (excluding diaryl/α,β-unsaturated/α-hetero) is 1. The van der Waals surface area contributed by atoms with Crippen LogP contribution in [0.2, 0.25) is 0 Å². The third-order valence-electron chi connectivity index (χ3n) is 9.38. The zero-order chi connectivity index (χ0) is 35.8. The van der Waals surface area contributed by atoms with Crippen LogP contribution in [-0.2, 0) is 4.79 Å². The third-order valence-corrected chi connectivity index (χ3v) is 9.38. The summed E-state index contributed by atoms with van der Waals surface area (Å²) in [6.45, 7) is 3.96. The predicted molar refractivity (Wildman–Crippen MR) is 198 cm³/mol. The van der Waals surface area contributed by atoms with Crippen molar-refractivity contribution in [1.29, 1.82) is 0 Å². The second-order valence-electron chi connectivity index (χ2n) is 12.6. The highest BCUT2D eigenvalue weighted by atomic mass is 16.1. The van der Waals surface area contributed by atoms with Gasteiger partial charge in [0, 0.05) is 22.3 Å². The normalized spacial score (nSPS) is 12.5. The number of nitrogens with one attached hydrogen (secondary N) is 2. The lowest BCUT2D eigenvalue weighted by atomic mass is 9.78. The van der Waals surface area contributed by atoms with Crippen LogP contribution in [0.1, 0.15) is 45.2 Å². The number of hydrogen-bond donors (Lipinski definition) is 4. The molecule has 0 radical (unpaired) electrons. The number of nitrogen functional groups attached to an aromatic ring is 2. The Hall–Kier alpha value is -7.15. The van der Waals surface area contributed by atoms with E-state index in [1.54, 1.807) is 21.8 Å². The van der Waals surface area contributed by atoms with Gasteiger partial charge >= 0.3 is 0 Å². The van der Waals surface area contributed by atoms with E-state index in [0.29, 0.717) is 34.4 Å². The zero-order valence-electron chi connectivity index (χ0n) is 28.3. The standard InChI is InChI=1S/C39H34N12O/c1-23-13-15-27(38-42-21-44-48-38)17-31(23)50-36(40)29(19-46-50)33(25-9-5-3-6-10-25)35(52)34(26-11-7-4-8-12-26)30-20-47-51(37(30)41)32-18-28(16-14-24(32)2)39-43-22-45-49-39/h3-22,33-34H,40-41H2,1-2H3,(H,42,44,48)(H,43,45,49). The number of nitrogens with two attached hydrogens (primary N) is 2. The Labute approximate surface area is 298 Å². The summed E-state index contributed by atoms with van der Waals surface area (Å²) in [7, 11) is 0. The minimum absolute atomic E-state index is 0.130. The van der Waals surface area contributed by atoms with E-state index in [1.165, 1.54) is 12.7 Å². The molecule has 4 aromatic carbocycles. The number of aryl methyl sites for hydroxylation is 2. The van der Waals surface area contributed by atoms with Crippen LogP contribution in [0.4, 0.5) is 11.6 Å². The molecule has 0 saturated carbocycles. The lowest BCUT2D eigenvalue weighted by Gasteiger charge is -2.24. The second-order valence-corrected chi connectivity index (χ2v) is 12.6. The molecular weight excluding hydrogens is 653 g/mol. The first kappa shape index (κ1) is 32.1. The van der Waals surface area contributed by atoms with Crippen molar-refractivity contribution in [3.05, 3.63) is 155 Å². The predicted octanol–water partition coefficient (Wildman–Crippen LogP) is 5.94. The number of carbonyl (C=O) groups is 1. The number of rotatable bonds is 10. The van der Waals surface area contributed by atoms with E-state index in [0.717, 1.165) is 44.8 Å². The number of aromatic nitrogens is 10. The number of H-pyrrole nitrogens is 2. The van der Waals surface area contributed by atoms with Gasteiger partial charge in [-0.15, -0.1) is 0 Å². The molecule has 256 valence electrons. The molecule has 2 atom stereocenters. The highest BCUT2D eigenvalue weighted by Crippen LogP contribution is 2.41. The highest BCUT2D eigenvalue weighted by Gasteiger charge is 2.36. The lowest BCUT2D eigenvalue weighted by Crippen LogP contribution is -2.24. The summed E-state index contributed by atoms with van der Waals surface area (Å²) in [6.07, 6.45) is 6.28. The first-order valence-electron chi connectivity index (χ1n) is 16.6. The Morgan fingerprint density at radius 3 is 1.42 bits per heavy atom. The van der Waals surface area contributed by atoms with E-state index >= 15 is 4.79 Å². The maximum Gasteiger partial charge on any atom is 0.156 e. The molecule has 2 unspecified atom stereocenters. The Balaban J connectivity index is 1.25. The molecule has 0 saturated heterocycles. The molecule has 4 aromatic heterocycles. The fraction of sp³-hybridized carbons (Fsp3) is 0.103. The van der Waals surface area contributed by atoms with E-state index in [-0.39, 0.29) is 5.78 Å². The van der Waals surface area contributed by atoms with Crippen molar-refractivity contribution in [2.45, 2.75) is 25.7 Å². The first-order valence-corrected chi connectivity index (χ1v) is 16.6. The van der Waals surface area contributed by atoms with Crippen molar-refractivity contribution >= 4 is 17.4 Å². The minimum atomic E-state index is -0.794. The van der Waals surface area contributed by atoms with Crippen molar-refractivity contribution in [1.82, 2.24) is 49.9 Å². The van der Waals surface area contributed by atoms with Gasteiger partial charge in [-0.2, -0.15) is 20.4 Å². The molecule has 0 aliphatic rings. The molecule has 0 aliphatic heterocycles. The van der Waals surface area contributed by atoms with Gasteiger partial charge in [0.15, 0.2) is 17.4 Å². The van der Waals surface area contributed by atoms with E-state index < -0.39 is 11.8 Å². The molecule has 8 rings (SSSR count). The Bertz CT molecular complexity index is 2310. The van der Waals surface area contributed by atoms with Gasteiger partial charge in [-0.3, -0.25) is 15.0 Å². The van der Waals surface area contributed by atoms with Gasteiger partial charge in [-0.25, -0.2) is 19.3 Å². The third kappa shape index (κ3) is 5.69. The zero-order valence-corrected chi connectivity index (χ0v) is 28.3. The average molecular weight is 687 g/mol. The molecule has 0 spiro atoms. The number of nitrogens with zero attached hydrogens (tertiary/aromatic N) is 8. The van der Waals surface area contributed by atoms with Crippen molar-refractivity contribution in [2.75, 3.05) is 11.5 Å². The molecule has 13 nitrogen and oxygen atoms in total. The number of hydrogen-bond acceptors (Lipinski definition) is 9. The molecular formula is C39H34N12O. The van der Waals surface area contributed by atoms with Gasteiger partial charge in [-0.05, 0) is 48.2 Å². The van der Waals surface area contributed by atoms with Gasteiger partial charge in [0.2, 0.25) is 0 Å². The molecule has 52 heavy (non-hydrogen) atoms. The highest BCUT2D eigenvalue weighted by molar-refractivity contribution is 5.98. The Morgan fingerprint density at radius 1 is 0.615 bits per heavy atom.